The first-order chi connectivity index (χ1) is 10.0. The molecule has 0 unspecified atom stereocenters. The van der Waals surface area contributed by atoms with Gasteiger partial charge in [-0.3, -0.25) is 0 Å². The normalized spacial score (nSPS) is 17.0. The summed E-state index contributed by atoms with van der Waals surface area (Å²) < 4.78 is 0. The maximum atomic E-state index is 12.0. The summed E-state index contributed by atoms with van der Waals surface area (Å²) in [5.74, 6) is -0.937. The van der Waals surface area contributed by atoms with Gasteiger partial charge >= 0.3 is 12.0 Å². The lowest BCUT2D eigenvalue weighted by Gasteiger charge is -2.33. The fourth-order valence-electron chi connectivity index (χ4n) is 2.81. The molecule has 0 spiro atoms. The van der Waals surface area contributed by atoms with Gasteiger partial charge in [-0.1, -0.05) is 49.1 Å². The van der Waals surface area contributed by atoms with Gasteiger partial charge in [0.25, 0.3) is 0 Å². The van der Waals surface area contributed by atoms with E-state index >= 15 is 0 Å². The average molecular weight is 290 g/mol. The molecule has 2 amide bonds. The Kier molecular flexibility index (Phi) is 4.83. The average Bonchev–Trinajstić information content (AvgIpc) is 2.46. The van der Waals surface area contributed by atoms with Gasteiger partial charge in [0, 0.05) is 6.54 Å². The van der Waals surface area contributed by atoms with Crippen molar-refractivity contribution >= 4 is 12.0 Å². The van der Waals surface area contributed by atoms with Crippen LogP contribution >= 0.6 is 0 Å². The Morgan fingerprint density at radius 2 is 1.95 bits per heavy atom. The van der Waals surface area contributed by atoms with E-state index in [2.05, 4.69) is 10.6 Å². The number of carbonyl (C=O) groups is 2. The molecule has 0 aliphatic heterocycles. The molecule has 0 bridgehead atoms. The summed E-state index contributed by atoms with van der Waals surface area (Å²) >= 11 is 0. The summed E-state index contributed by atoms with van der Waals surface area (Å²) in [5.41, 5.74) is 1.02. The molecule has 1 aliphatic rings. The van der Waals surface area contributed by atoms with Gasteiger partial charge in [0.05, 0.1) is 0 Å². The number of benzene rings is 1. The molecule has 1 aromatic rings. The van der Waals surface area contributed by atoms with Crippen molar-refractivity contribution in [1.29, 1.82) is 0 Å². The minimum atomic E-state index is -1.10. The Labute approximate surface area is 124 Å². The van der Waals surface area contributed by atoms with Gasteiger partial charge in [0.2, 0.25) is 0 Å². The second-order valence-corrected chi connectivity index (χ2v) is 5.74. The van der Waals surface area contributed by atoms with E-state index in [1.165, 1.54) is 0 Å². The van der Waals surface area contributed by atoms with Crippen molar-refractivity contribution in [3.63, 3.8) is 0 Å². The summed E-state index contributed by atoms with van der Waals surface area (Å²) in [4.78, 5) is 23.5. The fraction of sp³-hybridized carbons (Fsp3) is 0.500. The number of carbonyl (C=O) groups excluding carboxylic acids is 1. The van der Waals surface area contributed by atoms with Crippen molar-refractivity contribution in [2.24, 2.45) is 0 Å². The standard InChI is InChI=1S/C16H22N2O3/c1-12-6-5-7-13(10-12)11-17-15(21)18-16(14(19)20)8-3-2-4-9-16/h5-7,10H,2-4,8-9,11H2,1H3,(H,19,20)(H2,17,18,21). The summed E-state index contributed by atoms with van der Waals surface area (Å²) in [7, 11) is 0. The highest BCUT2D eigenvalue weighted by molar-refractivity contribution is 5.86. The molecule has 5 heteroatoms. The first-order valence-electron chi connectivity index (χ1n) is 7.37. The van der Waals surface area contributed by atoms with Gasteiger partial charge in [-0.05, 0) is 25.3 Å². The molecule has 2 rings (SSSR count). The molecule has 1 saturated carbocycles. The lowest BCUT2D eigenvalue weighted by atomic mass is 9.82. The van der Waals surface area contributed by atoms with Gasteiger partial charge < -0.3 is 15.7 Å². The smallest absolute Gasteiger partial charge is 0.329 e. The number of nitrogens with one attached hydrogen (secondary N) is 2. The Hall–Kier alpha value is -2.04. The van der Waals surface area contributed by atoms with E-state index in [0.717, 1.165) is 30.4 Å². The van der Waals surface area contributed by atoms with Crippen LogP contribution in [0.2, 0.25) is 0 Å². The predicted molar refractivity (Wildman–Crippen MR) is 80.0 cm³/mol. The molecule has 0 radical (unpaired) electrons. The molecule has 114 valence electrons. The zero-order valence-corrected chi connectivity index (χ0v) is 12.3. The molecule has 0 aromatic heterocycles. The highest BCUT2D eigenvalue weighted by Gasteiger charge is 2.40. The SMILES string of the molecule is Cc1cccc(CNC(=O)NC2(C(=O)O)CCCCC2)c1. The quantitative estimate of drug-likeness (QED) is 0.797. The van der Waals surface area contributed by atoms with Crippen LogP contribution in [-0.2, 0) is 11.3 Å². The highest BCUT2D eigenvalue weighted by Crippen LogP contribution is 2.28. The summed E-state index contributed by atoms with van der Waals surface area (Å²) in [6.45, 7) is 2.38. The van der Waals surface area contributed by atoms with E-state index in [-0.39, 0.29) is 0 Å². The van der Waals surface area contributed by atoms with Gasteiger partial charge in [-0.2, -0.15) is 0 Å². The van der Waals surface area contributed by atoms with Crippen LogP contribution in [0.25, 0.3) is 0 Å². The van der Waals surface area contributed by atoms with Crippen molar-refractivity contribution in [1.82, 2.24) is 10.6 Å². The molecule has 0 atom stereocenters. The minimum absolute atomic E-state index is 0.392. The predicted octanol–water partition coefficient (Wildman–Crippen LogP) is 2.58. The molecule has 1 fully saturated rings. The largest absolute Gasteiger partial charge is 0.480 e. The Balaban J connectivity index is 1.92. The Bertz CT molecular complexity index is 522. The zero-order chi connectivity index (χ0) is 15.3. The lowest BCUT2D eigenvalue weighted by Crippen LogP contribution is -2.57. The van der Waals surface area contributed by atoms with E-state index in [4.69, 9.17) is 0 Å². The molecule has 0 saturated heterocycles. The van der Waals surface area contributed by atoms with E-state index in [9.17, 15) is 14.7 Å². The maximum absolute atomic E-state index is 12.0. The van der Waals surface area contributed by atoms with Gasteiger partial charge in [0.15, 0.2) is 0 Å². The van der Waals surface area contributed by atoms with E-state index in [1.54, 1.807) is 0 Å². The Morgan fingerprint density at radius 1 is 1.24 bits per heavy atom. The van der Waals surface area contributed by atoms with E-state index < -0.39 is 17.5 Å². The van der Waals surface area contributed by atoms with Crippen molar-refractivity contribution in [2.75, 3.05) is 0 Å². The molecule has 0 heterocycles. The molecule has 5 nitrogen and oxygen atoms in total. The van der Waals surface area contributed by atoms with Crippen LogP contribution in [0.5, 0.6) is 0 Å². The molecular weight excluding hydrogens is 268 g/mol. The van der Waals surface area contributed by atoms with Crippen LogP contribution in [0.3, 0.4) is 0 Å². The number of hydrogen-bond acceptors (Lipinski definition) is 2. The summed E-state index contributed by atoms with van der Waals surface area (Å²) in [6, 6.07) is 7.44. The third kappa shape index (κ3) is 3.97. The lowest BCUT2D eigenvalue weighted by molar-refractivity contribution is -0.145. The van der Waals surface area contributed by atoms with Gasteiger partial charge in [0.1, 0.15) is 5.54 Å². The zero-order valence-electron chi connectivity index (χ0n) is 12.3. The van der Waals surface area contributed by atoms with Crippen molar-refractivity contribution in [3.8, 4) is 0 Å². The number of rotatable bonds is 4. The van der Waals surface area contributed by atoms with Crippen LogP contribution in [0.4, 0.5) is 4.79 Å². The Morgan fingerprint density at radius 3 is 2.57 bits per heavy atom. The third-order valence-corrected chi connectivity index (χ3v) is 4.00. The molecular formula is C16H22N2O3. The third-order valence-electron chi connectivity index (χ3n) is 4.00. The number of urea groups is 1. The van der Waals surface area contributed by atoms with Gasteiger partial charge in [-0.15, -0.1) is 0 Å². The molecule has 1 aliphatic carbocycles. The van der Waals surface area contributed by atoms with Crippen LogP contribution in [0.15, 0.2) is 24.3 Å². The second kappa shape index (κ2) is 6.61. The van der Waals surface area contributed by atoms with Crippen molar-refractivity contribution in [2.45, 2.75) is 51.1 Å². The van der Waals surface area contributed by atoms with Crippen LogP contribution in [-0.4, -0.2) is 22.6 Å². The number of carboxylic acids is 1. The van der Waals surface area contributed by atoms with E-state index in [0.29, 0.717) is 19.4 Å². The van der Waals surface area contributed by atoms with Crippen LogP contribution in [0, 0.1) is 6.92 Å². The molecule has 3 N–H and O–H groups in total. The van der Waals surface area contributed by atoms with Crippen LogP contribution in [0.1, 0.15) is 43.2 Å². The maximum Gasteiger partial charge on any atom is 0.329 e. The number of amides is 2. The molecule has 21 heavy (non-hydrogen) atoms. The topological polar surface area (TPSA) is 78.4 Å². The minimum Gasteiger partial charge on any atom is -0.480 e. The summed E-state index contributed by atoms with van der Waals surface area (Å²) in [5, 5.41) is 14.8. The number of aryl methyl sites for hydroxylation is 1. The first kappa shape index (κ1) is 15.4. The summed E-state index contributed by atoms with van der Waals surface area (Å²) in [6.07, 6.45) is 3.71. The van der Waals surface area contributed by atoms with E-state index in [1.807, 2.05) is 31.2 Å². The fourth-order valence-corrected chi connectivity index (χ4v) is 2.81. The second-order valence-electron chi connectivity index (χ2n) is 5.74. The van der Waals surface area contributed by atoms with Crippen molar-refractivity contribution < 1.29 is 14.7 Å². The number of carboxylic acid groups (broad SMARTS) is 1. The number of hydrogen-bond donors (Lipinski definition) is 3. The van der Waals surface area contributed by atoms with Gasteiger partial charge in [-0.25, -0.2) is 9.59 Å². The molecule has 1 aromatic carbocycles. The monoisotopic (exact) mass is 290 g/mol. The van der Waals surface area contributed by atoms with Crippen molar-refractivity contribution in [3.05, 3.63) is 35.4 Å². The number of aliphatic carboxylic acids is 1. The van der Waals surface area contributed by atoms with Crippen LogP contribution < -0.4 is 10.6 Å². The first-order valence-corrected chi connectivity index (χ1v) is 7.37. The highest BCUT2D eigenvalue weighted by atomic mass is 16.4.